The third kappa shape index (κ3) is 4.30. The van der Waals surface area contributed by atoms with Crippen LogP contribution in [0.5, 0.6) is 0 Å². The van der Waals surface area contributed by atoms with Crippen molar-refractivity contribution >= 4 is 82.3 Å². The second-order valence-corrected chi connectivity index (χ2v) is 15.5. The van der Waals surface area contributed by atoms with E-state index in [2.05, 4.69) is 208 Å². The van der Waals surface area contributed by atoms with Gasteiger partial charge < -0.3 is 9.47 Å². The van der Waals surface area contributed by atoms with E-state index in [4.69, 9.17) is 4.98 Å². The molecule has 4 heteroatoms. The predicted molar refractivity (Wildman–Crippen MR) is 238 cm³/mol. The van der Waals surface area contributed by atoms with Gasteiger partial charge in [0.05, 0.1) is 33.6 Å². The number of imidazole rings is 1. The molecule has 11 aromatic rings. The molecule has 0 bridgehead atoms. The van der Waals surface area contributed by atoms with Crippen LogP contribution >= 0.6 is 0 Å². The SMILES string of the molecule is C1=CC2c3ccccc3N(c3cc(-c4ccc5c(c4)c4ccc6ccccc6c4c4nc6ccccc6n54)cc(-n4c5ccccc5c5ccccc54)c3)C2C=C1. The Morgan fingerprint density at radius 2 is 1.16 bits per heavy atom. The molecule has 0 saturated heterocycles. The first-order valence-electron chi connectivity index (χ1n) is 19.8. The van der Waals surface area contributed by atoms with Crippen molar-refractivity contribution in [2.75, 3.05) is 4.90 Å². The van der Waals surface area contributed by atoms with Gasteiger partial charge in [-0.15, -0.1) is 0 Å². The van der Waals surface area contributed by atoms with E-state index in [0.717, 1.165) is 27.9 Å². The van der Waals surface area contributed by atoms with Gasteiger partial charge in [0, 0.05) is 44.5 Å². The number of pyridine rings is 1. The Bertz CT molecular complexity index is 3510. The highest BCUT2D eigenvalue weighted by molar-refractivity contribution is 6.23. The summed E-state index contributed by atoms with van der Waals surface area (Å²) < 4.78 is 4.82. The smallest absolute Gasteiger partial charge is 0.147 e. The lowest BCUT2D eigenvalue weighted by Crippen LogP contribution is -2.28. The monoisotopic (exact) mass is 726 g/mol. The Morgan fingerprint density at radius 3 is 2.02 bits per heavy atom. The fourth-order valence-corrected chi connectivity index (χ4v) is 10.1. The molecule has 0 radical (unpaired) electrons. The molecule has 0 N–H and O–H groups in total. The molecule has 1 aliphatic heterocycles. The molecule has 2 unspecified atom stereocenters. The van der Waals surface area contributed by atoms with E-state index < -0.39 is 0 Å². The summed E-state index contributed by atoms with van der Waals surface area (Å²) in [5.74, 6) is 0.292. The van der Waals surface area contributed by atoms with Crippen molar-refractivity contribution < 1.29 is 0 Å². The molecule has 8 aromatic carbocycles. The Hall–Kier alpha value is -7.43. The van der Waals surface area contributed by atoms with Gasteiger partial charge >= 0.3 is 0 Å². The molecule has 4 heterocycles. The van der Waals surface area contributed by atoms with Crippen molar-refractivity contribution in [2.24, 2.45) is 0 Å². The lowest BCUT2D eigenvalue weighted by molar-refractivity contribution is 0.744. The molecule has 4 nitrogen and oxygen atoms in total. The predicted octanol–water partition coefficient (Wildman–Crippen LogP) is 13.4. The maximum absolute atomic E-state index is 5.27. The highest BCUT2D eigenvalue weighted by Gasteiger charge is 2.37. The summed E-state index contributed by atoms with van der Waals surface area (Å²) in [6.45, 7) is 0. The largest absolute Gasteiger partial charge is 0.333 e. The summed E-state index contributed by atoms with van der Waals surface area (Å²) >= 11 is 0. The van der Waals surface area contributed by atoms with Crippen molar-refractivity contribution in [1.82, 2.24) is 14.0 Å². The molecule has 2 atom stereocenters. The number of nitrogens with zero attached hydrogens (tertiary/aromatic N) is 4. The minimum absolute atomic E-state index is 0.185. The fraction of sp³-hybridized carbons (Fsp3) is 0.0377. The first kappa shape index (κ1) is 30.8. The zero-order chi connectivity index (χ0) is 37.2. The average molecular weight is 727 g/mol. The Balaban J connectivity index is 1.12. The standard InChI is InChI=1S/C53H34N4/c1-2-14-38-33(13-1)25-27-43-44-31-34(26-28-50(44)57-51-24-12-7-19-45(51)54-53(57)52(38)43)35-29-36(55-46-20-8-3-15-39(46)40-16-4-9-21-47(40)55)32-37(30-35)56-48-22-10-5-17-41(48)42-18-6-11-23-49(42)56/h1-32,39,46H. The molecule has 266 valence electrons. The third-order valence-electron chi connectivity index (χ3n) is 12.6. The first-order chi connectivity index (χ1) is 28.3. The van der Waals surface area contributed by atoms with Gasteiger partial charge in [0.15, 0.2) is 0 Å². The molecule has 0 amide bonds. The van der Waals surface area contributed by atoms with Gasteiger partial charge in [-0.3, -0.25) is 4.40 Å². The van der Waals surface area contributed by atoms with Gasteiger partial charge in [0.1, 0.15) is 5.65 Å². The number of fused-ring (bicyclic) bond motifs is 16. The summed E-state index contributed by atoms with van der Waals surface area (Å²) in [7, 11) is 0. The minimum atomic E-state index is 0.185. The number of para-hydroxylation sites is 5. The van der Waals surface area contributed by atoms with E-state index in [1.807, 2.05) is 0 Å². The summed E-state index contributed by atoms with van der Waals surface area (Å²) in [6, 6.07) is 62.7. The summed E-state index contributed by atoms with van der Waals surface area (Å²) in [5, 5.41) is 8.55. The van der Waals surface area contributed by atoms with Crippen LogP contribution in [0.25, 0.3) is 87.7 Å². The topological polar surface area (TPSA) is 25.5 Å². The summed E-state index contributed by atoms with van der Waals surface area (Å²) in [6.07, 6.45) is 9.13. The molecule has 3 aromatic heterocycles. The van der Waals surface area contributed by atoms with Gasteiger partial charge in [0.25, 0.3) is 0 Å². The third-order valence-corrected chi connectivity index (χ3v) is 12.6. The van der Waals surface area contributed by atoms with Crippen LogP contribution in [0.4, 0.5) is 11.4 Å². The Labute approximate surface area is 328 Å². The fourth-order valence-electron chi connectivity index (χ4n) is 10.1. The minimum Gasteiger partial charge on any atom is -0.333 e. The van der Waals surface area contributed by atoms with Crippen LogP contribution in [0.2, 0.25) is 0 Å². The molecule has 1 aliphatic carbocycles. The van der Waals surface area contributed by atoms with Gasteiger partial charge in [-0.2, -0.15) is 0 Å². The van der Waals surface area contributed by atoms with Crippen LogP contribution in [-0.2, 0) is 0 Å². The zero-order valence-electron chi connectivity index (χ0n) is 30.9. The molecular weight excluding hydrogens is 693 g/mol. The van der Waals surface area contributed by atoms with Gasteiger partial charge in [-0.1, -0.05) is 133 Å². The number of aromatic nitrogens is 3. The van der Waals surface area contributed by atoms with Crippen molar-refractivity contribution in [3.8, 4) is 16.8 Å². The van der Waals surface area contributed by atoms with Crippen LogP contribution in [-0.4, -0.2) is 20.0 Å². The van der Waals surface area contributed by atoms with Crippen LogP contribution in [0.1, 0.15) is 11.5 Å². The van der Waals surface area contributed by atoms with E-state index in [1.54, 1.807) is 0 Å². The quantitative estimate of drug-likeness (QED) is 0.169. The van der Waals surface area contributed by atoms with E-state index in [1.165, 1.54) is 76.8 Å². The van der Waals surface area contributed by atoms with Gasteiger partial charge in [-0.05, 0) is 93.5 Å². The van der Waals surface area contributed by atoms with Crippen LogP contribution in [0.15, 0.2) is 194 Å². The number of rotatable bonds is 3. The van der Waals surface area contributed by atoms with Crippen molar-refractivity contribution in [3.05, 3.63) is 200 Å². The first-order valence-corrected chi connectivity index (χ1v) is 19.8. The maximum atomic E-state index is 5.27. The Kier molecular flexibility index (Phi) is 6.25. The molecule has 0 fully saturated rings. The van der Waals surface area contributed by atoms with Gasteiger partial charge in [0.2, 0.25) is 0 Å². The number of allylic oxidation sites excluding steroid dienone is 2. The molecule has 57 heavy (non-hydrogen) atoms. The van der Waals surface area contributed by atoms with E-state index in [-0.39, 0.29) is 6.04 Å². The second-order valence-electron chi connectivity index (χ2n) is 15.5. The second kappa shape index (κ2) is 11.5. The number of benzene rings is 8. The average Bonchev–Trinajstić information content (AvgIpc) is 3.94. The number of hydrogen-bond donors (Lipinski definition) is 0. The molecule has 0 spiro atoms. The molecule has 2 aliphatic rings. The normalized spacial score (nSPS) is 16.2. The van der Waals surface area contributed by atoms with Crippen LogP contribution < -0.4 is 4.90 Å². The highest BCUT2D eigenvalue weighted by atomic mass is 15.2. The molecular formula is C53H34N4. The van der Waals surface area contributed by atoms with Crippen molar-refractivity contribution in [2.45, 2.75) is 12.0 Å². The zero-order valence-corrected chi connectivity index (χ0v) is 30.9. The van der Waals surface area contributed by atoms with Crippen molar-refractivity contribution in [1.29, 1.82) is 0 Å². The maximum Gasteiger partial charge on any atom is 0.147 e. The van der Waals surface area contributed by atoms with Crippen LogP contribution in [0.3, 0.4) is 0 Å². The Morgan fingerprint density at radius 1 is 0.456 bits per heavy atom. The van der Waals surface area contributed by atoms with E-state index in [0.29, 0.717) is 5.92 Å². The molecule has 0 saturated carbocycles. The van der Waals surface area contributed by atoms with E-state index >= 15 is 0 Å². The lowest BCUT2D eigenvalue weighted by Gasteiger charge is -2.30. The number of hydrogen-bond acceptors (Lipinski definition) is 2. The van der Waals surface area contributed by atoms with Gasteiger partial charge in [-0.25, -0.2) is 4.98 Å². The summed E-state index contributed by atoms with van der Waals surface area (Å²) in [4.78, 5) is 7.83. The summed E-state index contributed by atoms with van der Waals surface area (Å²) in [5.41, 5.74) is 14.0. The number of anilines is 2. The van der Waals surface area contributed by atoms with E-state index in [9.17, 15) is 0 Å². The highest BCUT2D eigenvalue weighted by Crippen LogP contribution is 2.49. The van der Waals surface area contributed by atoms with Crippen LogP contribution in [0, 0.1) is 0 Å². The van der Waals surface area contributed by atoms with Crippen molar-refractivity contribution in [3.63, 3.8) is 0 Å². The molecule has 13 rings (SSSR count). The lowest BCUT2D eigenvalue weighted by atomic mass is 9.91.